The summed E-state index contributed by atoms with van der Waals surface area (Å²) in [5.74, 6) is -1.03. The van der Waals surface area contributed by atoms with E-state index in [-0.39, 0.29) is 22.8 Å². The van der Waals surface area contributed by atoms with E-state index in [0.29, 0.717) is 28.0 Å². The predicted octanol–water partition coefficient (Wildman–Crippen LogP) is 2.55. The van der Waals surface area contributed by atoms with Crippen LogP contribution in [0.15, 0.2) is 68.7 Å². The Bertz CT molecular complexity index is 1610. The zero-order chi connectivity index (χ0) is 24.3. The molecule has 5 rings (SSSR count). The Morgan fingerprint density at radius 3 is 2.44 bits per heavy atom. The molecule has 2 aliphatic rings. The van der Waals surface area contributed by atoms with Gasteiger partial charge in [-0.05, 0) is 5.56 Å². The largest absolute Gasteiger partial charge is 0.426 e. The van der Waals surface area contributed by atoms with Crippen molar-refractivity contribution in [3.63, 3.8) is 0 Å². The Balaban J connectivity index is 1.95. The summed E-state index contributed by atoms with van der Waals surface area (Å²) in [6, 6.07) is 13.1. The average molecular weight is 458 g/mol. The molecule has 0 spiro atoms. The maximum atomic E-state index is 13.4. The number of benzene rings is 2. The molecule has 10 nitrogen and oxygen atoms in total. The lowest BCUT2D eigenvalue weighted by Crippen LogP contribution is -2.41. The number of carbonyl (C=O) groups excluding carboxylic acids is 1. The lowest BCUT2D eigenvalue weighted by atomic mass is 9.81. The number of ether oxygens (including phenoxy) is 1. The van der Waals surface area contributed by atoms with E-state index in [1.807, 2.05) is 0 Å². The van der Waals surface area contributed by atoms with E-state index in [9.17, 15) is 24.5 Å². The molecule has 0 saturated carbocycles. The molecule has 0 radical (unpaired) electrons. The third-order valence-corrected chi connectivity index (χ3v) is 6.05. The van der Waals surface area contributed by atoms with Gasteiger partial charge in [0.25, 0.3) is 11.2 Å². The van der Waals surface area contributed by atoms with Gasteiger partial charge in [0.15, 0.2) is 0 Å². The molecule has 0 amide bonds. The number of nitrogens with zero attached hydrogens (tertiary/aromatic N) is 4. The molecule has 170 valence electrons. The van der Waals surface area contributed by atoms with Gasteiger partial charge in [-0.3, -0.25) is 28.8 Å². The fraction of sp³-hybridized carbons (Fsp3) is 0.167. The van der Waals surface area contributed by atoms with Gasteiger partial charge in [-0.1, -0.05) is 36.4 Å². The SMILES string of the molecule is CC(=O)OC1=C2C(=Nc3c(c(=O)n(C)c(=O)n3C)C2c2cccc([N+](=O)[O-])c2)c2ccccc21. The lowest BCUT2D eigenvalue weighted by Gasteiger charge is -2.27. The van der Waals surface area contributed by atoms with Gasteiger partial charge in [-0.2, -0.15) is 0 Å². The van der Waals surface area contributed by atoms with Crippen molar-refractivity contribution < 1.29 is 14.5 Å². The first-order valence-corrected chi connectivity index (χ1v) is 10.4. The molecule has 1 unspecified atom stereocenters. The van der Waals surface area contributed by atoms with Crippen LogP contribution in [0.5, 0.6) is 0 Å². The maximum Gasteiger partial charge on any atom is 0.332 e. The van der Waals surface area contributed by atoms with Gasteiger partial charge in [0.05, 0.1) is 16.2 Å². The first-order chi connectivity index (χ1) is 16.2. The first kappa shape index (κ1) is 21.3. The minimum atomic E-state index is -0.866. The highest BCUT2D eigenvalue weighted by molar-refractivity contribution is 6.25. The Kier molecular flexibility index (Phi) is 4.67. The monoisotopic (exact) mass is 458 g/mol. The van der Waals surface area contributed by atoms with Crippen LogP contribution in [-0.2, 0) is 23.6 Å². The minimum Gasteiger partial charge on any atom is -0.426 e. The minimum absolute atomic E-state index is 0.155. The van der Waals surface area contributed by atoms with Crippen LogP contribution in [0.3, 0.4) is 0 Å². The number of aliphatic imine (C=N–C) groups is 1. The van der Waals surface area contributed by atoms with Gasteiger partial charge in [-0.15, -0.1) is 0 Å². The Hall–Kier alpha value is -4.60. The highest BCUT2D eigenvalue weighted by atomic mass is 16.6. The van der Waals surface area contributed by atoms with Gasteiger partial charge in [0.2, 0.25) is 0 Å². The van der Waals surface area contributed by atoms with Crippen molar-refractivity contribution >= 4 is 28.9 Å². The number of allylic oxidation sites excluding steroid dienone is 1. The molecule has 0 fully saturated rings. The maximum absolute atomic E-state index is 13.4. The third kappa shape index (κ3) is 2.95. The van der Waals surface area contributed by atoms with Crippen molar-refractivity contribution in [1.29, 1.82) is 0 Å². The number of hydrogen-bond acceptors (Lipinski definition) is 7. The summed E-state index contributed by atoms with van der Waals surface area (Å²) >= 11 is 0. The second-order valence-electron chi connectivity index (χ2n) is 8.07. The van der Waals surface area contributed by atoms with E-state index in [4.69, 9.17) is 4.74 Å². The Morgan fingerprint density at radius 2 is 1.76 bits per heavy atom. The number of nitro benzene ring substituents is 1. The number of non-ortho nitro benzene ring substituents is 1. The molecule has 0 bridgehead atoms. The molecule has 10 heteroatoms. The topological polar surface area (TPSA) is 126 Å². The van der Waals surface area contributed by atoms with Crippen LogP contribution in [0.1, 0.15) is 35.1 Å². The highest BCUT2D eigenvalue weighted by Crippen LogP contribution is 2.49. The lowest BCUT2D eigenvalue weighted by molar-refractivity contribution is -0.384. The van der Waals surface area contributed by atoms with E-state index < -0.39 is 28.1 Å². The molecule has 0 N–H and O–H groups in total. The van der Waals surface area contributed by atoms with E-state index >= 15 is 0 Å². The van der Waals surface area contributed by atoms with Crippen LogP contribution in [-0.4, -0.2) is 25.7 Å². The van der Waals surface area contributed by atoms with Gasteiger partial charge in [0, 0.05) is 55.8 Å². The summed E-state index contributed by atoms with van der Waals surface area (Å²) < 4.78 is 7.87. The number of nitro groups is 1. The summed E-state index contributed by atoms with van der Waals surface area (Å²) in [6.07, 6.45) is 0. The molecule has 34 heavy (non-hydrogen) atoms. The standard InChI is InChI=1S/C24H18N4O6/c1-12(29)34-21-16-10-5-4-9-15(16)20-18(21)17(13-7-6-8-14(11-13)28(32)33)19-22(25-20)26(2)24(31)27(3)23(19)30/h4-11,17H,1-3H3. The molecule has 1 aromatic heterocycles. The summed E-state index contributed by atoms with van der Waals surface area (Å²) in [5, 5.41) is 11.5. The predicted molar refractivity (Wildman–Crippen MR) is 123 cm³/mol. The van der Waals surface area contributed by atoms with E-state index in [0.717, 1.165) is 4.57 Å². The van der Waals surface area contributed by atoms with E-state index in [1.165, 1.54) is 43.8 Å². The van der Waals surface area contributed by atoms with Crippen molar-refractivity contribution in [2.45, 2.75) is 12.8 Å². The van der Waals surface area contributed by atoms with Crippen molar-refractivity contribution in [3.05, 3.63) is 107 Å². The molecular formula is C24H18N4O6. The fourth-order valence-electron chi connectivity index (χ4n) is 4.58. The molecule has 2 aromatic carbocycles. The highest BCUT2D eigenvalue weighted by Gasteiger charge is 2.42. The smallest absolute Gasteiger partial charge is 0.332 e. The van der Waals surface area contributed by atoms with Gasteiger partial charge in [-0.25, -0.2) is 9.79 Å². The number of carbonyl (C=O) groups is 1. The number of aromatic nitrogens is 2. The molecule has 1 aliphatic carbocycles. The summed E-state index contributed by atoms with van der Waals surface area (Å²) in [4.78, 5) is 53.8. The Morgan fingerprint density at radius 1 is 1.06 bits per heavy atom. The molecule has 3 aromatic rings. The van der Waals surface area contributed by atoms with Crippen LogP contribution in [0.4, 0.5) is 11.5 Å². The van der Waals surface area contributed by atoms with E-state index in [1.54, 1.807) is 30.3 Å². The van der Waals surface area contributed by atoms with Crippen LogP contribution in [0.25, 0.3) is 5.76 Å². The average Bonchev–Trinajstić information content (AvgIpc) is 3.13. The number of esters is 1. The number of hydrogen-bond donors (Lipinski definition) is 0. The zero-order valence-electron chi connectivity index (χ0n) is 18.4. The molecule has 1 atom stereocenters. The zero-order valence-corrected chi connectivity index (χ0v) is 18.4. The summed E-state index contributed by atoms with van der Waals surface area (Å²) in [5.41, 5.74) is 1.48. The van der Waals surface area contributed by atoms with Crippen LogP contribution in [0.2, 0.25) is 0 Å². The van der Waals surface area contributed by atoms with Crippen molar-refractivity contribution in [3.8, 4) is 0 Å². The Labute approximate surface area is 192 Å². The van der Waals surface area contributed by atoms with Crippen molar-refractivity contribution in [2.75, 3.05) is 0 Å². The molecule has 1 aliphatic heterocycles. The van der Waals surface area contributed by atoms with Crippen LogP contribution in [0, 0.1) is 10.1 Å². The first-order valence-electron chi connectivity index (χ1n) is 10.4. The third-order valence-electron chi connectivity index (χ3n) is 6.05. The van der Waals surface area contributed by atoms with Crippen molar-refractivity contribution in [1.82, 2.24) is 9.13 Å². The van der Waals surface area contributed by atoms with Crippen LogP contribution >= 0.6 is 0 Å². The second-order valence-corrected chi connectivity index (χ2v) is 8.07. The normalized spacial score (nSPS) is 15.9. The second kappa shape index (κ2) is 7.48. The number of fused-ring (bicyclic) bond motifs is 4. The van der Waals surface area contributed by atoms with Gasteiger partial charge >= 0.3 is 11.7 Å². The van der Waals surface area contributed by atoms with Crippen molar-refractivity contribution in [2.24, 2.45) is 19.1 Å². The number of rotatable bonds is 3. The quantitative estimate of drug-likeness (QED) is 0.337. The summed E-state index contributed by atoms with van der Waals surface area (Å²) in [6.45, 7) is 1.27. The summed E-state index contributed by atoms with van der Waals surface area (Å²) in [7, 11) is 2.87. The van der Waals surface area contributed by atoms with Gasteiger partial charge < -0.3 is 4.74 Å². The fourth-order valence-corrected chi connectivity index (χ4v) is 4.58. The molecule has 2 heterocycles. The molecular weight excluding hydrogens is 440 g/mol. The van der Waals surface area contributed by atoms with E-state index in [2.05, 4.69) is 4.99 Å². The molecule has 0 saturated heterocycles. The van der Waals surface area contributed by atoms with Crippen LogP contribution < -0.4 is 11.2 Å². The van der Waals surface area contributed by atoms with Gasteiger partial charge in [0.1, 0.15) is 11.6 Å².